The standard InChI is InChI=1S/C42H49NO14/c1-25(44)43-35-38(53-28(4)47)36(52-27(3)46)32(23-48-26(2)45)54-41(35)57-39-37-33(24-49-34(56-37)20-29-14-8-5-9-15-29)55-42(51-22-31-18-12-7-13-19-31)40(39)50-21-30-16-10-6-11-17-30/h5-19,32-42H,20-24H2,1-4H3,(H,43,44)/t32-,33-,34?,35-,36-,37-,38-,39+,40+,41+,42+/m1/s1. The van der Waals surface area contributed by atoms with Gasteiger partial charge >= 0.3 is 17.9 Å². The lowest BCUT2D eigenvalue weighted by molar-refractivity contribution is -0.390. The van der Waals surface area contributed by atoms with Crippen LogP contribution in [0.2, 0.25) is 0 Å². The number of hydrogen-bond donors (Lipinski definition) is 1. The Morgan fingerprint density at radius 2 is 1.21 bits per heavy atom. The monoisotopic (exact) mass is 791 g/mol. The molecule has 3 aliphatic heterocycles. The highest BCUT2D eigenvalue weighted by Crippen LogP contribution is 2.37. The maximum absolute atomic E-state index is 12.8. The highest BCUT2D eigenvalue weighted by atomic mass is 16.8. The predicted molar refractivity (Wildman–Crippen MR) is 199 cm³/mol. The minimum Gasteiger partial charge on any atom is -0.463 e. The Hall–Kier alpha value is -4.74. The van der Waals surface area contributed by atoms with Crippen LogP contribution in [0.3, 0.4) is 0 Å². The van der Waals surface area contributed by atoms with E-state index in [9.17, 15) is 19.2 Å². The van der Waals surface area contributed by atoms with E-state index in [1.54, 1.807) is 0 Å². The minimum atomic E-state index is -1.43. The number of hydrogen-bond acceptors (Lipinski definition) is 14. The second-order valence-electron chi connectivity index (χ2n) is 14.0. The fraction of sp³-hybridized carbons (Fsp3) is 0.476. The van der Waals surface area contributed by atoms with E-state index in [4.69, 9.17) is 47.4 Å². The summed E-state index contributed by atoms with van der Waals surface area (Å²) in [7, 11) is 0. The largest absolute Gasteiger partial charge is 0.463 e. The second-order valence-corrected chi connectivity index (χ2v) is 14.0. The van der Waals surface area contributed by atoms with Crippen LogP contribution in [0, 0.1) is 0 Å². The molecule has 15 heteroatoms. The molecule has 0 aromatic heterocycles. The van der Waals surface area contributed by atoms with Crippen molar-refractivity contribution < 1.29 is 66.5 Å². The van der Waals surface area contributed by atoms with Gasteiger partial charge in [-0.15, -0.1) is 0 Å². The number of amides is 1. The van der Waals surface area contributed by atoms with Crippen molar-refractivity contribution in [2.75, 3.05) is 13.2 Å². The molecule has 1 unspecified atom stereocenters. The lowest BCUT2D eigenvalue weighted by Crippen LogP contribution is -2.70. The fourth-order valence-electron chi connectivity index (χ4n) is 7.05. The number of nitrogens with one attached hydrogen (secondary N) is 1. The number of ether oxygens (including phenoxy) is 10. The zero-order chi connectivity index (χ0) is 40.3. The quantitative estimate of drug-likeness (QED) is 0.175. The molecule has 3 aliphatic rings. The summed E-state index contributed by atoms with van der Waals surface area (Å²) in [5, 5.41) is 2.78. The van der Waals surface area contributed by atoms with Gasteiger partial charge in [0.05, 0.1) is 19.8 Å². The van der Waals surface area contributed by atoms with Gasteiger partial charge in [-0.25, -0.2) is 0 Å². The molecule has 3 saturated heterocycles. The minimum absolute atomic E-state index is 0.110. The van der Waals surface area contributed by atoms with Crippen LogP contribution < -0.4 is 5.32 Å². The molecule has 3 heterocycles. The Bertz CT molecular complexity index is 1760. The summed E-state index contributed by atoms with van der Waals surface area (Å²) >= 11 is 0. The Kier molecular flexibility index (Phi) is 14.8. The number of esters is 3. The fourth-order valence-corrected chi connectivity index (χ4v) is 7.05. The third-order valence-corrected chi connectivity index (χ3v) is 9.50. The predicted octanol–water partition coefficient (Wildman–Crippen LogP) is 3.54. The number of fused-ring (bicyclic) bond motifs is 1. The second kappa shape index (κ2) is 20.1. The summed E-state index contributed by atoms with van der Waals surface area (Å²) in [6, 6.07) is 27.5. The summed E-state index contributed by atoms with van der Waals surface area (Å²) in [6.07, 6.45) is -10.2. The van der Waals surface area contributed by atoms with Gasteiger partial charge < -0.3 is 52.7 Å². The zero-order valence-electron chi connectivity index (χ0n) is 32.3. The van der Waals surface area contributed by atoms with Crippen LogP contribution in [0.1, 0.15) is 44.4 Å². The molecule has 3 aromatic carbocycles. The van der Waals surface area contributed by atoms with Crippen molar-refractivity contribution in [1.82, 2.24) is 5.32 Å². The van der Waals surface area contributed by atoms with Crippen LogP contribution in [0.4, 0.5) is 0 Å². The molecular formula is C42H49NO14. The average Bonchev–Trinajstić information content (AvgIpc) is 3.19. The van der Waals surface area contributed by atoms with E-state index < -0.39 is 98.1 Å². The molecule has 57 heavy (non-hydrogen) atoms. The van der Waals surface area contributed by atoms with Crippen molar-refractivity contribution in [2.45, 2.75) is 115 Å². The number of carbonyl (C=O) groups is 4. The van der Waals surface area contributed by atoms with Gasteiger partial charge in [0.1, 0.15) is 43.2 Å². The third kappa shape index (κ3) is 11.7. The van der Waals surface area contributed by atoms with Gasteiger partial charge in [0, 0.05) is 34.1 Å². The van der Waals surface area contributed by atoms with E-state index in [2.05, 4.69) is 5.32 Å². The first-order chi connectivity index (χ1) is 27.5. The SMILES string of the molecule is CC(=O)N[C@H]1[C@H](O[C@@H]2[C@H](OCc3ccccc3)[C@@H](OCc3ccccc3)O[C@@H]3COC(Cc4ccccc4)O[C@@H]23)O[C@H](COC(C)=O)[C@@H](OC(C)=O)[C@@H]1OC(C)=O. The van der Waals surface area contributed by atoms with Gasteiger partial charge in [-0.3, -0.25) is 19.2 Å². The first kappa shape index (κ1) is 41.9. The molecular weight excluding hydrogens is 742 g/mol. The van der Waals surface area contributed by atoms with Crippen molar-refractivity contribution in [1.29, 1.82) is 0 Å². The van der Waals surface area contributed by atoms with E-state index in [1.165, 1.54) is 27.7 Å². The maximum Gasteiger partial charge on any atom is 0.303 e. The van der Waals surface area contributed by atoms with E-state index in [0.717, 1.165) is 16.7 Å². The molecule has 306 valence electrons. The normalized spacial score (nSPS) is 29.6. The van der Waals surface area contributed by atoms with Gasteiger partial charge in [-0.05, 0) is 16.7 Å². The van der Waals surface area contributed by atoms with Crippen molar-refractivity contribution in [3.63, 3.8) is 0 Å². The molecule has 3 fully saturated rings. The molecule has 11 atom stereocenters. The summed E-state index contributed by atoms with van der Waals surface area (Å²) in [4.78, 5) is 49.8. The molecule has 0 spiro atoms. The summed E-state index contributed by atoms with van der Waals surface area (Å²) in [5.74, 6) is -2.62. The average molecular weight is 792 g/mol. The van der Waals surface area contributed by atoms with Gasteiger partial charge in [-0.1, -0.05) is 91.0 Å². The highest BCUT2D eigenvalue weighted by Gasteiger charge is 2.57. The summed E-state index contributed by atoms with van der Waals surface area (Å²) < 4.78 is 62.5. The Morgan fingerprint density at radius 1 is 0.632 bits per heavy atom. The Labute approximate surface area is 331 Å². The van der Waals surface area contributed by atoms with Crippen molar-refractivity contribution in [3.05, 3.63) is 108 Å². The van der Waals surface area contributed by atoms with Crippen LogP contribution in [-0.4, -0.2) is 105 Å². The lowest BCUT2D eigenvalue weighted by atomic mass is 9.94. The Morgan fingerprint density at radius 3 is 1.79 bits per heavy atom. The maximum atomic E-state index is 12.8. The molecule has 0 aliphatic carbocycles. The third-order valence-electron chi connectivity index (χ3n) is 9.50. The summed E-state index contributed by atoms with van der Waals surface area (Å²) in [6.45, 7) is 4.82. The topological polar surface area (TPSA) is 173 Å². The zero-order valence-corrected chi connectivity index (χ0v) is 32.3. The van der Waals surface area contributed by atoms with E-state index in [1.807, 2.05) is 91.0 Å². The molecule has 0 saturated carbocycles. The molecule has 1 amide bonds. The van der Waals surface area contributed by atoms with Gasteiger partial charge in [0.2, 0.25) is 5.91 Å². The van der Waals surface area contributed by atoms with Gasteiger partial charge in [0.25, 0.3) is 0 Å². The highest BCUT2D eigenvalue weighted by molar-refractivity contribution is 5.73. The van der Waals surface area contributed by atoms with E-state index in [-0.39, 0.29) is 19.8 Å². The molecule has 0 bridgehead atoms. The number of carbonyl (C=O) groups excluding carboxylic acids is 4. The molecule has 0 radical (unpaired) electrons. The first-order valence-electron chi connectivity index (χ1n) is 18.9. The molecule has 1 N–H and O–H groups in total. The lowest BCUT2D eigenvalue weighted by Gasteiger charge is -2.51. The van der Waals surface area contributed by atoms with E-state index >= 15 is 0 Å². The molecule has 3 aromatic rings. The first-order valence-corrected chi connectivity index (χ1v) is 18.9. The van der Waals surface area contributed by atoms with Crippen molar-refractivity contribution in [3.8, 4) is 0 Å². The van der Waals surface area contributed by atoms with Gasteiger partial charge in [0.15, 0.2) is 31.1 Å². The molecule has 6 rings (SSSR count). The van der Waals surface area contributed by atoms with Crippen molar-refractivity contribution >= 4 is 23.8 Å². The van der Waals surface area contributed by atoms with Crippen LogP contribution in [0.15, 0.2) is 91.0 Å². The summed E-state index contributed by atoms with van der Waals surface area (Å²) in [5.41, 5.74) is 2.73. The molecule has 15 nitrogen and oxygen atoms in total. The smallest absolute Gasteiger partial charge is 0.303 e. The Balaban J connectivity index is 1.39. The van der Waals surface area contributed by atoms with Crippen LogP contribution in [0.5, 0.6) is 0 Å². The van der Waals surface area contributed by atoms with Crippen LogP contribution >= 0.6 is 0 Å². The number of rotatable bonds is 15. The van der Waals surface area contributed by atoms with Crippen molar-refractivity contribution in [2.24, 2.45) is 0 Å². The van der Waals surface area contributed by atoms with Gasteiger partial charge in [-0.2, -0.15) is 0 Å². The van der Waals surface area contributed by atoms with Crippen LogP contribution in [0.25, 0.3) is 0 Å². The number of benzene rings is 3. The van der Waals surface area contributed by atoms with E-state index in [0.29, 0.717) is 6.42 Å². The van der Waals surface area contributed by atoms with Crippen LogP contribution in [-0.2, 0) is 86.2 Å².